The number of nitrogens with zero attached hydrogens (tertiary/aromatic N) is 1. The van der Waals surface area contributed by atoms with Crippen LogP contribution in [-0.2, 0) is 16.4 Å². The van der Waals surface area contributed by atoms with Crippen molar-refractivity contribution in [3.8, 4) is 5.75 Å². The molecule has 2 N–H and O–H groups in total. The lowest BCUT2D eigenvalue weighted by atomic mass is 9.75. The minimum absolute atomic E-state index is 0.0422. The van der Waals surface area contributed by atoms with Crippen molar-refractivity contribution < 1.29 is 22.8 Å². The molecule has 26 heavy (non-hydrogen) atoms. The van der Waals surface area contributed by atoms with Gasteiger partial charge in [-0.25, -0.2) is 13.1 Å². The predicted octanol–water partition coefficient (Wildman–Crippen LogP) is 2.02. The van der Waals surface area contributed by atoms with Gasteiger partial charge in [0.05, 0.1) is 12.7 Å². The highest BCUT2D eigenvalue weighted by atomic mass is 32.2. The summed E-state index contributed by atoms with van der Waals surface area (Å²) in [7, 11) is -3.80. The summed E-state index contributed by atoms with van der Waals surface area (Å²) in [6.07, 6.45) is 1.59. The molecule has 0 unspecified atom stereocenters. The highest BCUT2D eigenvalue weighted by molar-refractivity contribution is 7.89. The Morgan fingerprint density at radius 2 is 2.08 bits per heavy atom. The standard InChI is InChI=1S/C18H22N2O5S/c1-10-18(11(2)25-19-10)26(22,23)20-17(14-8-15(21)9-14)13-3-4-16-12(7-13)5-6-24-16/h3-4,7,14-15,17,20-21H,5-6,8-9H2,1-2H3/t14?,15?,17-/m0/s1. The van der Waals surface area contributed by atoms with Gasteiger partial charge in [0.15, 0.2) is 5.76 Å². The van der Waals surface area contributed by atoms with Crippen LogP contribution in [0.5, 0.6) is 5.75 Å². The van der Waals surface area contributed by atoms with Crippen molar-refractivity contribution in [1.82, 2.24) is 9.88 Å². The Morgan fingerprint density at radius 3 is 2.73 bits per heavy atom. The minimum Gasteiger partial charge on any atom is -0.493 e. The molecule has 2 aromatic rings. The van der Waals surface area contributed by atoms with Crippen LogP contribution in [0.25, 0.3) is 0 Å². The average molecular weight is 378 g/mol. The highest BCUT2D eigenvalue weighted by Gasteiger charge is 2.38. The molecule has 0 radical (unpaired) electrons. The van der Waals surface area contributed by atoms with E-state index in [0.29, 0.717) is 25.1 Å². The fraction of sp³-hybridized carbons (Fsp3) is 0.500. The Bertz CT molecular complexity index is 912. The van der Waals surface area contributed by atoms with E-state index in [0.717, 1.165) is 23.3 Å². The van der Waals surface area contributed by atoms with Gasteiger partial charge in [0.25, 0.3) is 0 Å². The van der Waals surface area contributed by atoms with E-state index in [9.17, 15) is 13.5 Å². The summed E-state index contributed by atoms with van der Waals surface area (Å²) in [6.45, 7) is 3.85. The van der Waals surface area contributed by atoms with Crippen LogP contribution in [0.2, 0.25) is 0 Å². The van der Waals surface area contributed by atoms with Crippen LogP contribution in [0.4, 0.5) is 0 Å². The fourth-order valence-electron chi connectivity index (χ4n) is 3.82. The van der Waals surface area contributed by atoms with E-state index in [1.54, 1.807) is 13.8 Å². The van der Waals surface area contributed by atoms with Crippen molar-refractivity contribution in [3.05, 3.63) is 40.8 Å². The molecule has 1 aliphatic carbocycles. The second kappa shape index (κ2) is 6.37. The van der Waals surface area contributed by atoms with E-state index < -0.39 is 16.1 Å². The fourth-order valence-corrected chi connectivity index (χ4v) is 5.45. The van der Waals surface area contributed by atoms with Gasteiger partial charge < -0.3 is 14.4 Å². The Balaban J connectivity index is 1.68. The lowest BCUT2D eigenvalue weighted by Gasteiger charge is -2.38. The third-order valence-electron chi connectivity index (χ3n) is 5.21. The highest BCUT2D eigenvalue weighted by Crippen LogP contribution is 2.40. The van der Waals surface area contributed by atoms with Gasteiger partial charge in [-0.1, -0.05) is 17.3 Å². The maximum absolute atomic E-state index is 13.0. The molecule has 1 aliphatic heterocycles. The molecule has 0 bridgehead atoms. The van der Waals surface area contributed by atoms with Gasteiger partial charge >= 0.3 is 0 Å². The number of sulfonamides is 1. The molecular weight excluding hydrogens is 356 g/mol. The van der Waals surface area contributed by atoms with Crippen molar-refractivity contribution >= 4 is 10.0 Å². The molecule has 7 nitrogen and oxygen atoms in total. The van der Waals surface area contributed by atoms with Gasteiger partial charge in [-0.2, -0.15) is 0 Å². The third kappa shape index (κ3) is 3.02. The van der Waals surface area contributed by atoms with Crippen LogP contribution in [0, 0.1) is 19.8 Å². The van der Waals surface area contributed by atoms with Crippen LogP contribution in [0.1, 0.15) is 41.5 Å². The van der Waals surface area contributed by atoms with Crippen molar-refractivity contribution in [2.24, 2.45) is 5.92 Å². The lowest BCUT2D eigenvalue weighted by molar-refractivity contribution is 0.0280. The quantitative estimate of drug-likeness (QED) is 0.825. The molecule has 1 fully saturated rings. The Hall–Kier alpha value is -1.90. The van der Waals surface area contributed by atoms with Gasteiger partial charge in [-0.05, 0) is 49.8 Å². The summed E-state index contributed by atoms with van der Waals surface area (Å²) in [5.74, 6) is 1.17. The van der Waals surface area contributed by atoms with Gasteiger partial charge in [0, 0.05) is 12.5 Å². The van der Waals surface area contributed by atoms with E-state index in [1.165, 1.54) is 0 Å². The number of nitrogens with one attached hydrogen (secondary N) is 1. The van der Waals surface area contributed by atoms with E-state index >= 15 is 0 Å². The van der Waals surface area contributed by atoms with Gasteiger partial charge in [0.1, 0.15) is 16.3 Å². The van der Waals surface area contributed by atoms with Gasteiger partial charge in [-0.15, -0.1) is 0 Å². The molecule has 0 amide bonds. The second-order valence-corrected chi connectivity index (χ2v) is 8.75. The number of fused-ring (bicyclic) bond motifs is 1. The number of benzene rings is 1. The van der Waals surface area contributed by atoms with Crippen molar-refractivity contribution in [2.45, 2.75) is 50.2 Å². The van der Waals surface area contributed by atoms with Crippen LogP contribution < -0.4 is 9.46 Å². The average Bonchev–Trinajstić information content (AvgIpc) is 3.15. The molecule has 1 saturated carbocycles. The van der Waals surface area contributed by atoms with Crippen LogP contribution in [0.3, 0.4) is 0 Å². The molecule has 140 valence electrons. The summed E-state index contributed by atoms with van der Waals surface area (Å²) in [5.41, 5.74) is 2.31. The molecule has 2 heterocycles. The van der Waals surface area contributed by atoms with Gasteiger partial charge in [-0.3, -0.25) is 0 Å². The lowest BCUT2D eigenvalue weighted by Crippen LogP contribution is -2.41. The number of aliphatic hydroxyl groups is 1. The third-order valence-corrected chi connectivity index (χ3v) is 6.90. The monoisotopic (exact) mass is 378 g/mol. The molecule has 1 aromatic heterocycles. The summed E-state index contributed by atoms with van der Waals surface area (Å²) in [6, 6.07) is 5.38. The van der Waals surface area contributed by atoms with Crippen molar-refractivity contribution in [1.29, 1.82) is 0 Å². The summed E-state index contributed by atoms with van der Waals surface area (Å²) >= 11 is 0. The molecular formula is C18H22N2O5S. The summed E-state index contributed by atoms with van der Waals surface area (Å²) in [4.78, 5) is 0.0897. The zero-order valence-corrected chi connectivity index (χ0v) is 15.5. The molecule has 1 aromatic carbocycles. The Labute approximate surface area is 152 Å². The van der Waals surface area contributed by atoms with Crippen molar-refractivity contribution in [2.75, 3.05) is 6.61 Å². The topological polar surface area (TPSA) is 102 Å². The number of aliphatic hydroxyl groups excluding tert-OH is 1. The number of ether oxygens (including phenoxy) is 1. The van der Waals surface area contributed by atoms with Crippen LogP contribution in [0.15, 0.2) is 27.6 Å². The number of aromatic nitrogens is 1. The van der Waals surface area contributed by atoms with E-state index in [1.807, 2.05) is 18.2 Å². The summed E-state index contributed by atoms with van der Waals surface area (Å²) in [5, 5.41) is 13.5. The summed E-state index contributed by atoms with van der Waals surface area (Å²) < 4.78 is 39.4. The van der Waals surface area contributed by atoms with Gasteiger partial charge in [0.2, 0.25) is 10.0 Å². The molecule has 8 heteroatoms. The molecule has 1 atom stereocenters. The Morgan fingerprint density at radius 1 is 1.31 bits per heavy atom. The minimum atomic E-state index is -3.80. The number of aryl methyl sites for hydroxylation is 2. The predicted molar refractivity (Wildman–Crippen MR) is 93.4 cm³/mol. The maximum Gasteiger partial charge on any atom is 0.246 e. The van der Waals surface area contributed by atoms with E-state index in [2.05, 4.69) is 9.88 Å². The molecule has 2 aliphatic rings. The zero-order chi connectivity index (χ0) is 18.5. The van der Waals surface area contributed by atoms with Crippen LogP contribution >= 0.6 is 0 Å². The molecule has 0 spiro atoms. The first kappa shape index (κ1) is 17.5. The zero-order valence-electron chi connectivity index (χ0n) is 14.7. The largest absolute Gasteiger partial charge is 0.493 e. The molecule has 0 saturated heterocycles. The first-order valence-electron chi connectivity index (χ1n) is 8.74. The molecule has 4 rings (SSSR count). The SMILES string of the molecule is Cc1noc(C)c1S(=O)(=O)N[C@@H](c1ccc2c(c1)CCO2)C1CC(O)C1. The van der Waals surface area contributed by atoms with Crippen LogP contribution in [-0.4, -0.2) is 31.4 Å². The number of rotatable bonds is 5. The second-order valence-electron chi connectivity index (χ2n) is 7.10. The smallest absolute Gasteiger partial charge is 0.246 e. The normalized spacial score (nSPS) is 23.2. The first-order valence-corrected chi connectivity index (χ1v) is 10.2. The van der Waals surface area contributed by atoms with E-state index in [-0.39, 0.29) is 22.7 Å². The van der Waals surface area contributed by atoms with E-state index in [4.69, 9.17) is 9.26 Å². The number of hydrogen-bond acceptors (Lipinski definition) is 6. The number of hydrogen-bond donors (Lipinski definition) is 2. The Kier molecular flexibility index (Phi) is 4.29. The maximum atomic E-state index is 13.0. The first-order chi connectivity index (χ1) is 12.3. The van der Waals surface area contributed by atoms with Crippen molar-refractivity contribution in [3.63, 3.8) is 0 Å².